The third-order valence-electron chi connectivity index (χ3n) is 4.98. The number of carbonyl (C=O) groups is 1. The first-order valence-electron chi connectivity index (χ1n) is 9.28. The summed E-state index contributed by atoms with van der Waals surface area (Å²) < 4.78 is 40.3. The minimum absolute atomic E-state index is 0.161. The van der Waals surface area contributed by atoms with E-state index in [4.69, 9.17) is 12.2 Å². The van der Waals surface area contributed by atoms with Crippen LogP contribution in [0.2, 0.25) is 0 Å². The monoisotopic (exact) mass is 433 g/mol. The molecule has 156 valence electrons. The Bertz CT molecular complexity index is 1080. The van der Waals surface area contributed by atoms with Crippen molar-refractivity contribution in [2.75, 3.05) is 31.1 Å². The molecule has 1 N–H and O–H groups in total. The molecule has 0 saturated carbocycles. The number of hydrogen-bond donors (Lipinski definition) is 1. The molecule has 10 heteroatoms. The van der Waals surface area contributed by atoms with Crippen LogP contribution in [0.4, 0.5) is 19.0 Å². The third kappa shape index (κ3) is 3.95. The molecule has 0 aliphatic carbocycles. The number of aromatic amines is 1. The molecule has 4 rings (SSSR count). The number of rotatable bonds is 3. The number of nitrogens with one attached hydrogen (secondary N) is 1. The molecule has 1 aromatic carbocycles. The summed E-state index contributed by atoms with van der Waals surface area (Å²) in [6.45, 7) is 1.80. The molecule has 1 aliphatic heterocycles. The van der Waals surface area contributed by atoms with E-state index < -0.39 is 11.7 Å². The maximum absolute atomic E-state index is 13.1. The van der Waals surface area contributed by atoms with Crippen LogP contribution in [-0.4, -0.2) is 51.5 Å². The summed E-state index contributed by atoms with van der Waals surface area (Å²) in [5, 5.41) is 0. The SMILES string of the molecule is O=C(c1c[nH]c(=S)n1-c1ccccc1)N1CCN(c2ccc(C(F)(F)F)cn2)CC1. The zero-order chi connectivity index (χ0) is 21.3. The number of H-pyrrole nitrogens is 1. The summed E-state index contributed by atoms with van der Waals surface area (Å²) in [6.07, 6.45) is -1.98. The number of halogens is 3. The number of carbonyl (C=O) groups excluding carboxylic acids is 1. The lowest BCUT2D eigenvalue weighted by Crippen LogP contribution is -2.49. The first-order valence-corrected chi connectivity index (χ1v) is 9.69. The van der Waals surface area contributed by atoms with E-state index in [1.165, 1.54) is 6.07 Å². The average Bonchev–Trinajstić information content (AvgIpc) is 3.15. The highest BCUT2D eigenvalue weighted by molar-refractivity contribution is 7.71. The molecule has 1 aliphatic rings. The van der Waals surface area contributed by atoms with Crippen LogP contribution in [0.25, 0.3) is 5.69 Å². The standard InChI is InChI=1S/C20H18F3N5OS/c21-20(22,23)14-6-7-17(24-12-14)26-8-10-27(11-9-26)18(29)16-13-25-19(30)28(16)15-4-2-1-3-5-15/h1-7,12-13H,8-11H2,(H,25,30). The van der Waals surface area contributed by atoms with Gasteiger partial charge in [-0.3, -0.25) is 9.36 Å². The zero-order valence-electron chi connectivity index (χ0n) is 15.8. The van der Waals surface area contributed by atoms with Crippen LogP contribution >= 0.6 is 12.2 Å². The number of anilines is 1. The Balaban J connectivity index is 1.46. The fourth-order valence-electron chi connectivity index (χ4n) is 3.40. The summed E-state index contributed by atoms with van der Waals surface area (Å²) in [4.78, 5) is 23.5. The van der Waals surface area contributed by atoms with Crippen molar-refractivity contribution in [3.8, 4) is 5.69 Å². The normalized spacial score (nSPS) is 14.8. The van der Waals surface area contributed by atoms with Gasteiger partial charge in [-0.25, -0.2) is 4.98 Å². The van der Waals surface area contributed by atoms with Gasteiger partial charge in [0.05, 0.1) is 5.56 Å². The Hall–Kier alpha value is -3.14. The predicted molar refractivity (Wildman–Crippen MR) is 108 cm³/mol. The number of imidazole rings is 1. The summed E-state index contributed by atoms with van der Waals surface area (Å²) in [5.41, 5.74) is 0.449. The Morgan fingerprint density at radius 1 is 1.03 bits per heavy atom. The third-order valence-corrected chi connectivity index (χ3v) is 5.28. The van der Waals surface area contributed by atoms with E-state index in [1.54, 1.807) is 15.7 Å². The quantitative estimate of drug-likeness (QED) is 0.637. The van der Waals surface area contributed by atoms with E-state index >= 15 is 0 Å². The van der Waals surface area contributed by atoms with E-state index in [2.05, 4.69) is 9.97 Å². The zero-order valence-corrected chi connectivity index (χ0v) is 16.6. The van der Waals surface area contributed by atoms with Crippen molar-refractivity contribution >= 4 is 23.9 Å². The molecule has 3 aromatic rings. The van der Waals surface area contributed by atoms with Gasteiger partial charge in [-0.1, -0.05) is 18.2 Å². The molecule has 0 atom stereocenters. The number of aromatic nitrogens is 3. The molecule has 0 bridgehead atoms. The van der Waals surface area contributed by atoms with Gasteiger partial charge in [-0.15, -0.1) is 0 Å². The number of alkyl halides is 3. The highest BCUT2D eigenvalue weighted by Crippen LogP contribution is 2.29. The van der Waals surface area contributed by atoms with Gasteiger partial charge < -0.3 is 14.8 Å². The van der Waals surface area contributed by atoms with Crippen LogP contribution in [0.15, 0.2) is 54.9 Å². The van der Waals surface area contributed by atoms with E-state index in [0.717, 1.165) is 18.0 Å². The van der Waals surface area contributed by atoms with Gasteiger partial charge in [0.1, 0.15) is 11.5 Å². The van der Waals surface area contributed by atoms with Gasteiger partial charge in [-0.05, 0) is 36.5 Å². The van der Waals surface area contributed by atoms with Crippen molar-refractivity contribution in [2.24, 2.45) is 0 Å². The van der Waals surface area contributed by atoms with E-state index in [9.17, 15) is 18.0 Å². The number of amides is 1. The molecular weight excluding hydrogens is 415 g/mol. The molecule has 1 amide bonds. The second kappa shape index (κ2) is 7.94. The summed E-state index contributed by atoms with van der Waals surface area (Å²) >= 11 is 5.33. The van der Waals surface area contributed by atoms with Gasteiger partial charge in [-0.2, -0.15) is 13.2 Å². The maximum atomic E-state index is 13.1. The number of pyridine rings is 1. The maximum Gasteiger partial charge on any atom is 0.417 e. The molecule has 2 aromatic heterocycles. The number of benzene rings is 1. The average molecular weight is 433 g/mol. The number of para-hydroxylation sites is 1. The van der Waals surface area contributed by atoms with Crippen LogP contribution in [-0.2, 0) is 6.18 Å². The van der Waals surface area contributed by atoms with Crippen molar-refractivity contribution < 1.29 is 18.0 Å². The van der Waals surface area contributed by atoms with Crippen molar-refractivity contribution in [2.45, 2.75) is 6.18 Å². The molecule has 1 saturated heterocycles. The van der Waals surface area contributed by atoms with Crippen LogP contribution in [0.5, 0.6) is 0 Å². The Morgan fingerprint density at radius 3 is 2.33 bits per heavy atom. The van der Waals surface area contributed by atoms with Gasteiger partial charge in [0.15, 0.2) is 4.77 Å². The molecule has 0 unspecified atom stereocenters. The van der Waals surface area contributed by atoms with Crippen molar-refractivity contribution in [3.63, 3.8) is 0 Å². The smallest absolute Gasteiger partial charge is 0.353 e. The number of hydrogen-bond acceptors (Lipinski definition) is 4. The van der Waals surface area contributed by atoms with Crippen LogP contribution in [0.1, 0.15) is 16.1 Å². The lowest BCUT2D eigenvalue weighted by molar-refractivity contribution is -0.137. The molecule has 0 spiro atoms. The lowest BCUT2D eigenvalue weighted by atomic mass is 10.2. The topological polar surface area (TPSA) is 57.2 Å². The summed E-state index contributed by atoms with van der Waals surface area (Å²) in [6, 6.07) is 11.7. The van der Waals surface area contributed by atoms with E-state index in [1.807, 2.05) is 35.2 Å². The first kappa shape index (κ1) is 20.1. The van der Waals surface area contributed by atoms with Gasteiger partial charge >= 0.3 is 6.18 Å². The Labute approximate surface area is 175 Å². The molecular formula is C20H18F3N5OS. The van der Waals surface area contributed by atoms with Crippen molar-refractivity contribution in [1.29, 1.82) is 0 Å². The van der Waals surface area contributed by atoms with Crippen LogP contribution in [0, 0.1) is 4.77 Å². The lowest BCUT2D eigenvalue weighted by Gasteiger charge is -2.35. The predicted octanol–water partition coefficient (Wildman–Crippen LogP) is 3.91. The van der Waals surface area contributed by atoms with Crippen LogP contribution < -0.4 is 4.90 Å². The number of piperazine rings is 1. The minimum atomic E-state index is -4.41. The van der Waals surface area contributed by atoms with Gasteiger partial charge in [0.2, 0.25) is 0 Å². The van der Waals surface area contributed by atoms with E-state index in [-0.39, 0.29) is 5.91 Å². The summed E-state index contributed by atoms with van der Waals surface area (Å²) in [7, 11) is 0. The molecule has 30 heavy (non-hydrogen) atoms. The Kier molecular flexibility index (Phi) is 5.33. The fourth-order valence-corrected chi connectivity index (χ4v) is 3.66. The van der Waals surface area contributed by atoms with Gasteiger partial charge in [0, 0.05) is 44.3 Å². The second-order valence-corrected chi connectivity index (χ2v) is 7.22. The first-order chi connectivity index (χ1) is 14.3. The molecule has 3 heterocycles. The largest absolute Gasteiger partial charge is 0.417 e. The highest BCUT2D eigenvalue weighted by Gasteiger charge is 2.31. The molecule has 1 fully saturated rings. The number of nitrogens with zero attached hydrogens (tertiary/aromatic N) is 4. The fraction of sp³-hybridized carbons (Fsp3) is 0.250. The summed E-state index contributed by atoms with van der Waals surface area (Å²) in [5.74, 6) is 0.301. The minimum Gasteiger partial charge on any atom is -0.353 e. The second-order valence-electron chi connectivity index (χ2n) is 6.83. The highest BCUT2D eigenvalue weighted by atomic mass is 32.1. The van der Waals surface area contributed by atoms with Crippen molar-refractivity contribution in [1.82, 2.24) is 19.4 Å². The van der Waals surface area contributed by atoms with Crippen molar-refractivity contribution in [3.05, 3.63) is 70.9 Å². The van der Waals surface area contributed by atoms with Crippen LogP contribution in [0.3, 0.4) is 0 Å². The molecule has 6 nitrogen and oxygen atoms in total. The Morgan fingerprint density at radius 2 is 1.73 bits per heavy atom. The van der Waals surface area contributed by atoms with E-state index in [0.29, 0.717) is 42.5 Å². The van der Waals surface area contributed by atoms with Gasteiger partial charge in [0.25, 0.3) is 5.91 Å². The molecule has 0 radical (unpaired) electrons.